The second-order valence-corrected chi connectivity index (χ2v) is 7.20. The molecule has 2 N–H and O–H groups in total. The van der Waals surface area contributed by atoms with E-state index in [-0.39, 0.29) is 5.25 Å². The molecule has 1 heterocycles. The average Bonchev–Trinajstić information content (AvgIpc) is 2.88. The fraction of sp³-hybridized carbons (Fsp3) is 0.133. The minimum atomic E-state index is 0.129. The van der Waals surface area contributed by atoms with E-state index in [0.29, 0.717) is 6.54 Å². The summed E-state index contributed by atoms with van der Waals surface area (Å²) in [4.78, 5) is 4.64. The van der Waals surface area contributed by atoms with E-state index in [1.54, 1.807) is 23.1 Å². The highest BCUT2D eigenvalue weighted by Gasteiger charge is 2.16. The second-order valence-electron chi connectivity index (χ2n) is 4.31. The molecule has 5 heteroatoms. The van der Waals surface area contributed by atoms with Crippen LogP contribution >= 0.6 is 34.7 Å². The first kappa shape index (κ1) is 13.9. The Kier molecular flexibility index (Phi) is 4.27. The molecule has 20 heavy (non-hydrogen) atoms. The van der Waals surface area contributed by atoms with Gasteiger partial charge in [0.2, 0.25) is 0 Å². The van der Waals surface area contributed by atoms with Crippen molar-refractivity contribution < 1.29 is 0 Å². The fourth-order valence-corrected chi connectivity index (χ4v) is 4.66. The summed E-state index contributed by atoms with van der Waals surface area (Å²) in [5.74, 6) is 0. The van der Waals surface area contributed by atoms with Crippen molar-refractivity contribution in [3.63, 3.8) is 0 Å². The van der Waals surface area contributed by atoms with Crippen LogP contribution in [0.2, 0.25) is 5.02 Å². The van der Waals surface area contributed by atoms with Crippen molar-refractivity contribution in [2.45, 2.75) is 9.59 Å². The Hall–Kier alpha value is -1.07. The number of hydrogen-bond donors (Lipinski definition) is 1. The zero-order valence-corrected chi connectivity index (χ0v) is 13.0. The van der Waals surface area contributed by atoms with Gasteiger partial charge >= 0.3 is 0 Å². The highest BCUT2D eigenvalue weighted by atomic mass is 35.5. The van der Waals surface area contributed by atoms with Crippen LogP contribution in [0.5, 0.6) is 0 Å². The Labute approximate surface area is 131 Å². The molecule has 2 nitrogen and oxygen atoms in total. The van der Waals surface area contributed by atoms with Crippen LogP contribution in [0.15, 0.2) is 52.9 Å². The number of thioether (sulfide) groups is 1. The van der Waals surface area contributed by atoms with Crippen LogP contribution in [0.1, 0.15) is 10.8 Å². The lowest BCUT2D eigenvalue weighted by molar-refractivity contribution is 0.940. The van der Waals surface area contributed by atoms with Gasteiger partial charge in [0.25, 0.3) is 0 Å². The molecule has 3 rings (SSSR count). The van der Waals surface area contributed by atoms with E-state index >= 15 is 0 Å². The molecule has 0 spiro atoms. The van der Waals surface area contributed by atoms with Gasteiger partial charge in [-0.2, -0.15) is 0 Å². The molecule has 1 aromatic heterocycles. The fourth-order valence-electron chi connectivity index (χ4n) is 2.00. The number of fused-ring (bicyclic) bond motifs is 1. The molecule has 0 aliphatic rings. The number of rotatable bonds is 4. The molecule has 0 amide bonds. The van der Waals surface area contributed by atoms with E-state index in [0.717, 1.165) is 20.4 Å². The van der Waals surface area contributed by atoms with E-state index in [2.05, 4.69) is 11.1 Å². The Morgan fingerprint density at radius 1 is 1.15 bits per heavy atom. The van der Waals surface area contributed by atoms with Gasteiger partial charge in [0.05, 0.1) is 15.5 Å². The quantitative estimate of drug-likeness (QED) is 0.705. The van der Waals surface area contributed by atoms with E-state index in [9.17, 15) is 0 Å². The summed E-state index contributed by atoms with van der Waals surface area (Å²) in [7, 11) is 0. The van der Waals surface area contributed by atoms with Crippen molar-refractivity contribution in [1.82, 2.24) is 4.98 Å². The molecule has 2 aromatic carbocycles. The first-order valence-electron chi connectivity index (χ1n) is 6.24. The summed E-state index contributed by atoms with van der Waals surface area (Å²) in [6.07, 6.45) is 0. The van der Waals surface area contributed by atoms with Crippen LogP contribution in [0, 0.1) is 0 Å². The largest absolute Gasteiger partial charge is 0.329 e. The molecule has 0 aliphatic heterocycles. The number of nitrogens with zero attached hydrogens (tertiary/aromatic N) is 1. The van der Waals surface area contributed by atoms with Crippen molar-refractivity contribution in [3.8, 4) is 0 Å². The number of para-hydroxylation sites is 1. The van der Waals surface area contributed by atoms with Gasteiger partial charge in [0.15, 0.2) is 4.34 Å². The van der Waals surface area contributed by atoms with Gasteiger partial charge in [0.1, 0.15) is 0 Å². The molecular formula is C15H13ClN2S2. The molecule has 1 unspecified atom stereocenters. The van der Waals surface area contributed by atoms with Gasteiger partial charge in [-0.25, -0.2) is 4.98 Å². The van der Waals surface area contributed by atoms with Crippen LogP contribution < -0.4 is 5.73 Å². The zero-order chi connectivity index (χ0) is 13.9. The third kappa shape index (κ3) is 2.83. The molecule has 1 atom stereocenters. The monoisotopic (exact) mass is 320 g/mol. The highest BCUT2D eigenvalue weighted by molar-refractivity contribution is 8.01. The number of benzene rings is 2. The van der Waals surface area contributed by atoms with Crippen LogP contribution in [0.4, 0.5) is 0 Å². The second kappa shape index (κ2) is 6.14. The number of hydrogen-bond acceptors (Lipinski definition) is 4. The lowest BCUT2D eigenvalue weighted by Crippen LogP contribution is -2.09. The summed E-state index contributed by atoms with van der Waals surface area (Å²) < 4.78 is 2.23. The van der Waals surface area contributed by atoms with Gasteiger partial charge in [0, 0.05) is 11.6 Å². The topological polar surface area (TPSA) is 38.9 Å². The average molecular weight is 321 g/mol. The summed E-state index contributed by atoms with van der Waals surface area (Å²) >= 11 is 9.63. The van der Waals surface area contributed by atoms with Crippen molar-refractivity contribution >= 4 is 44.9 Å². The van der Waals surface area contributed by atoms with Crippen LogP contribution in [-0.4, -0.2) is 11.5 Å². The molecule has 0 saturated carbocycles. The molecule has 0 radical (unpaired) electrons. The number of halogens is 1. The molecular weight excluding hydrogens is 308 g/mol. The van der Waals surface area contributed by atoms with E-state index < -0.39 is 0 Å². The third-order valence-corrected chi connectivity index (χ3v) is 5.72. The van der Waals surface area contributed by atoms with Crippen LogP contribution in [0.25, 0.3) is 10.2 Å². The predicted molar refractivity (Wildman–Crippen MR) is 88.7 cm³/mol. The van der Waals surface area contributed by atoms with E-state index in [1.165, 1.54) is 4.70 Å². The van der Waals surface area contributed by atoms with Crippen LogP contribution in [-0.2, 0) is 0 Å². The lowest BCUT2D eigenvalue weighted by Gasteiger charge is -2.14. The maximum Gasteiger partial charge on any atom is 0.151 e. The Morgan fingerprint density at radius 2 is 1.90 bits per heavy atom. The summed E-state index contributed by atoms with van der Waals surface area (Å²) in [5, 5.41) is 0.890. The summed E-state index contributed by atoms with van der Waals surface area (Å²) in [5.41, 5.74) is 8.02. The van der Waals surface area contributed by atoms with Gasteiger partial charge < -0.3 is 5.73 Å². The standard InChI is InChI=1S/C15H13ClN2S2/c16-11-6-2-1-5-10(11)14(9-17)20-15-18-12-7-3-4-8-13(12)19-15/h1-8,14H,9,17H2. The SMILES string of the molecule is NCC(Sc1nc2ccccc2s1)c1ccccc1Cl. The summed E-state index contributed by atoms with van der Waals surface area (Å²) in [6, 6.07) is 16.0. The Bertz CT molecular complexity index is 693. The maximum atomic E-state index is 6.26. The summed E-state index contributed by atoms with van der Waals surface area (Å²) in [6.45, 7) is 0.532. The molecule has 102 valence electrons. The highest BCUT2D eigenvalue weighted by Crippen LogP contribution is 2.40. The first-order chi connectivity index (χ1) is 9.78. The third-order valence-electron chi connectivity index (χ3n) is 2.98. The number of aromatic nitrogens is 1. The smallest absolute Gasteiger partial charge is 0.151 e. The molecule has 0 aliphatic carbocycles. The Morgan fingerprint density at radius 3 is 2.65 bits per heavy atom. The van der Waals surface area contributed by atoms with Gasteiger partial charge in [-0.05, 0) is 23.8 Å². The predicted octanol–water partition coefficient (Wildman–Crippen LogP) is 4.74. The maximum absolute atomic E-state index is 6.26. The molecule has 3 aromatic rings. The molecule has 0 fully saturated rings. The lowest BCUT2D eigenvalue weighted by atomic mass is 10.1. The van der Waals surface area contributed by atoms with Crippen LogP contribution in [0.3, 0.4) is 0 Å². The molecule has 0 saturated heterocycles. The number of nitrogens with two attached hydrogens (primary N) is 1. The first-order valence-corrected chi connectivity index (χ1v) is 8.32. The zero-order valence-electron chi connectivity index (χ0n) is 10.6. The van der Waals surface area contributed by atoms with Crippen molar-refractivity contribution in [3.05, 3.63) is 59.1 Å². The van der Waals surface area contributed by atoms with E-state index in [4.69, 9.17) is 17.3 Å². The van der Waals surface area contributed by atoms with Gasteiger partial charge in [-0.15, -0.1) is 11.3 Å². The van der Waals surface area contributed by atoms with E-state index in [1.807, 2.05) is 42.5 Å². The van der Waals surface area contributed by atoms with Gasteiger partial charge in [-0.3, -0.25) is 0 Å². The number of thiazole rings is 1. The Balaban J connectivity index is 1.90. The van der Waals surface area contributed by atoms with Crippen molar-refractivity contribution in [2.24, 2.45) is 5.73 Å². The minimum absolute atomic E-state index is 0.129. The van der Waals surface area contributed by atoms with Crippen molar-refractivity contribution in [1.29, 1.82) is 0 Å². The normalized spacial score (nSPS) is 12.7. The molecule has 0 bridgehead atoms. The minimum Gasteiger partial charge on any atom is -0.329 e. The van der Waals surface area contributed by atoms with Crippen molar-refractivity contribution in [2.75, 3.05) is 6.54 Å². The van der Waals surface area contributed by atoms with Gasteiger partial charge in [-0.1, -0.05) is 53.7 Å².